The van der Waals surface area contributed by atoms with E-state index in [-0.39, 0.29) is 0 Å². The zero-order chi connectivity index (χ0) is 19.7. The first-order chi connectivity index (χ1) is 13.3. The van der Waals surface area contributed by atoms with E-state index in [9.17, 15) is 0 Å². The van der Waals surface area contributed by atoms with Crippen LogP contribution in [0.25, 0.3) is 0 Å². The second-order valence-corrected chi connectivity index (χ2v) is 12.8. The molecule has 0 radical (unpaired) electrons. The minimum absolute atomic E-state index is 0.322. The molecule has 160 valence electrons. The van der Waals surface area contributed by atoms with Crippen molar-refractivity contribution in [3.8, 4) is 0 Å². The van der Waals surface area contributed by atoms with Crippen molar-refractivity contribution in [3.63, 3.8) is 0 Å². The van der Waals surface area contributed by atoms with Gasteiger partial charge in [-0.2, -0.15) is 0 Å². The third kappa shape index (κ3) is 2.66. The van der Waals surface area contributed by atoms with E-state index in [2.05, 4.69) is 34.6 Å². The smallest absolute Gasteiger partial charge is 0.100 e. The van der Waals surface area contributed by atoms with E-state index in [4.69, 9.17) is 4.74 Å². The summed E-state index contributed by atoms with van der Waals surface area (Å²) in [5.74, 6) is 5.69. The molecule has 0 bridgehead atoms. The Bertz CT molecular complexity index is 597. The lowest BCUT2D eigenvalue weighted by atomic mass is 9.44. The van der Waals surface area contributed by atoms with Crippen LogP contribution in [0.3, 0.4) is 0 Å². The van der Waals surface area contributed by atoms with E-state index < -0.39 is 0 Å². The Morgan fingerprint density at radius 2 is 1.68 bits per heavy atom. The summed E-state index contributed by atoms with van der Waals surface area (Å²) in [5.41, 5.74) is 1.45. The highest BCUT2D eigenvalue weighted by Gasteiger charge is 2.75. The van der Waals surface area contributed by atoms with E-state index in [0.717, 1.165) is 35.5 Å². The van der Waals surface area contributed by atoms with Crippen molar-refractivity contribution in [1.29, 1.82) is 0 Å². The second kappa shape index (κ2) is 6.73. The molecule has 1 spiro atoms. The van der Waals surface area contributed by atoms with E-state index >= 15 is 0 Å². The minimum atomic E-state index is 0.322. The fraction of sp³-hybridized carbons (Fsp3) is 1.00. The first-order valence-electron chi connectivity index (χ1n) is 13.0. The standard InChI is InChI=1S/C27H46O/c1-18(2)9-8-10-19(3)21-11-12-22-20-17-24-27(28-24)15-7-6-14-26(27,5)23(20)13-16-25(21,22)4/h18-24H,6-17H2,1-5H3/t19-,20-,21-,22+,23+,24-,25-,26+,27-/m0/s1. The topological polar surface area (TPSA) is 12.5 Å². The van der Waals surface area contributed by atoms with E-state index in [1.807, 2.05) is 0 Å². The van der Waals surface area contributed by atoms with Crippen molar-refractivity contribution >= 4 is 0 Å². The molecule has 0 aromatic heterocycles. The number of hydrogen-bond acceptors (Lipinski definition) is 1. The average molecular weight is 387 g/mol. The van der Waals surface area contributed by atoms with Crippen LogP contribution in [0.2, 0.25) is 0 Å². The van der Waals surface area contributed by atoms with Crippen LogP contribution < -0.4 is 0 Å². The van der Waals surface area contributed by atoms with Crippen molar-refractivity contribution in [1.82, 2.24) is 0 Å². The first kappa shape index (κ1) is 19.9. The summed E-state index contributed by atoms with van der Waals surface area (Å²) in [6.45, 7) is 12.8. The summed E-state index contributed by atoms with van der Waals surface area (Å²) in [6, 6.07) is 0. The van der Waals surface area contributed by atoms with Crippen LogP contribution in [-0.2, 0) is 4.74 Å². The Hall–Kier alpha value is -0.0400. The van der Waals surface area contributed by atoms with Gasteiger partial charge in [-0.05, 0) is 85.9 Å². The van der Waals surface area contributed by atoms with Gasteiger partial charge in [-0.1, -0.05) is 66.7 Å². The largest absolute Gasteiger partial charge is 0.365 e. The van der Waals surface area contributed by atoms with Crippen LogP contribution >= 0.6 is 0 Å². The molecule has 0 N–H and O–H groups in total. The molecule has 0 aromatic rings. The van der Waals surface area contributed by atoms with Gasteiger partial charge in [-0.15, -0.1) is 0 Å². The zero-order valence-corrected chi connectivity index (χ0v) is 19.4. The number of rotatable bonds is 5. The SMILES string of the molecule is CC(C)CCC[C@H](C)[C@@H]1CC[C@@H]2[C@@H]3C[C@@H]4O[C@@]45CCCC[C@]5(C)[C@@H]3CC[C@]21C. The molecule has 28 heavy (non-hydrogen) atoms. The molecule has 0 aromatic carbocycles. The van der Waals surface area contributed by atoms with Gasteiger partial charge in [0.1, 0.15) is 5.60 Å². The fourth-order valence-electron chi connectivity index (χ4n) is 9.74. The van der Waals surface area contributed by atoms with Gasteiger partial charge in [0.25, 0.3) is 0 Å². The van der Waals surface area contributed by atoms with Crippen molar-refractivity contribution < 1.29 is 4.74 Å². The molecule has 5 aliphatic rings. The average Bonchev–Trinajstić information content (AvgIpc) is 3.23. The number of hydrogen-bond donors (Lipinski definition) is 0. The summed E-state index contributed by atoms with van der Waals surface area (Å²) in [7, 11) is 0. The predicted octanol–water partition coefficient (Wildman–Crippen LogP) is 7.63. The molecule has 4 saturated carbocycles. The lowest BCUT2D eigenvalue weighted by Crippen LogP contribution is -2.57. The third-order valence-corrected chi connectivity index (χ3v) is 11.2. The van der Waals surface area contributed by atoms with E-state index in [0.29, 0.717) is 22.5 Å². The van der Waals surface area contributed by atoms with Crippen molar-refractivity contribution in [2.24, 2.45) is 46.3 Å². The van der Waals surface area contributed by atoms with Crippen LogP contribution in [-0.4, -0.2) is 11.7 Å². The second-order valence-electron chi connectivity index (χ2n) is 12.8. The first-order valence-corrected chi connectivity index (χ1v) is 13.0. The van der Waals surface area contributed by atoms with Gasteiger partial charge in [0.2, 0.25) is 0 Å². The predicted molar refractivity (Wildman–Crippen MR) is 117 cm³/mol. The number of fused-ring (bicyclic) bond motifs is 4. The van der Waals surface area contributed by atoms with Crippen molar-refractivity contribution in [2.75, 3.05) is 0 Å². The molecule has 4 aliphatic carbocycles. The lowest BCUT2D eigenvalue weighted by Gasteiger charge is -2.59. The molecule has 0 unspecified atom stereocenters. The summed E-state index contributed by atoms with van der Waals surface area (Å²) in [5, 5.41) is 0. The van der Waals surface area contributed by atoms with Crippen LogP contribution in [0.1, 0.15) is 112 Å². The number of ether oxygens (including phenoxy) is 1. The maximum absolute atomic E-state index is 6.60. The molecular formula is C27H46O. The number of epoxide rings is 1. The van der Waals surface area contributed by atoms with Gasteiger partial charge in [-0.3, -0.25) is 0 Å². The van der Waals surface area contributed by atoms with Gasteiger partial charge >= 0.3 is 0 Å². The normalized spacial score (nSPS) is 53.1. The lowest BCUT2D eigenvalue weighted by molar-refractivity contribution is -0.100. The van der Waals surface area contributed by atoms with Gasteiger partial charge in [0, 0.05) is 5.41 Å². The monoisotopic (exact) mass is 386 g/mol. The highest BCUT2D eigenvalue weighted by Crippen LogP contribution is 2.74. The molecule has 5 rings (SSSR count). The Morgan fingerprint density at radius 1 is 0.893 bits per heavy atom. The van der Waals surface area contributed by atoms with Gasteiger partial charge in [0.05, 0.1) is 6.10 Å². The minimum Gasteiger partial charge on any atom is -0.365 e. The molecule has 1 nitrogen and oxygen atoms in total. The molecule has 1 heteroatoms. The summed E-state index contributed by atoms with van der Waals surface area (Å²) >= 11 is 0. The summed E-state index contributed by atoms with van der Waals surface area (Å²) in [6.07, 6.45) is 18.1. The Morgan fingerprint density at radius 3 is 2.46 bits per heavy atom. The van der Waals surface area contributed by atoms with Crippen LogP contribution in [0.4, 0.5) is 0 Å². The molecule has 1 saturated heterocycles. The fourth-order valence-corrected chi connectivity index (χ4v) is 9.74. The maximum Gasteiger partial charge on any atom is 0.100 e. The summed E-state index contributed by atoms with van der Waals surface area (Å²) < 4.78 is 6.60. The van der Waals surface area contributed by atoms with Crippen LogP contribution in [0.5, 0.6) is 0 Å². The van der Waals surface area contributed by atoms with E-state index in [1.54, 1.807) is 0 Å². The van der Waals surface area contributed by atoms with E-state index in [1.165, 1.54) is 77.0 Å². The molecule has 5 fully saturated rings. The highest BCUT2D eigenvalue weighted by atomic mass is 16.6. The Balaban J connectivity index is 1.33. The van der Waals surface area contributed by atoms with Crippen molar-refractivity contribution in [3.05, 3.63) is 0 Å². The van der Waals surface area contributed by atoms with Crippen LogP contribution in [0.15, 0.2) is 0 Å². The van der Waals surface area contributed by atoms with Gasteiger partial charge in [-0.25, -0.2) is 0 Å². The summed E-state index contributed by atoms with van der Waals surface area (Å²) in [4.78, 5) is 0. The Labute approximate surface area is 174 Å². The van der Waals surface area contributed by atoms with Gasteiger partial charge < -0.3 is 4.74 Å². The van der Waals surface area contributed by atoms with Gasteiger partial charge in [0.15, 0.2) is 0 Å². The highest BCUT2D eigenvalue weighted by molar-refractivity contribution is 5.23. The maximum atomic E-state index is 6.60. The third-order valence-electron chi connectivity index (χ3n) is 11.2. The molecule has 1 heterocycles. The molecule has 9 atom stereocenters. The quantitative estimate of drug-likeness (QED) is 0.442. The Kier molecular flexibility index (Phi) is 4.78. The van der Waals surface area contributed by atoms with Crippen molar-refractivity contribution in [2.45, 2.75) is 123 Å². The molecule has 0 amide bonds. The molecule has 1 aliphatic heterocycles. The van der Waals surface area contributed by atoms with Crippen LogP contribution in [0, 0.1) is 46.3 Å². The zero-order valence-electron chi connectivity index (χ0n) is 19.4. The molecular weight excluding hydrogens is 340 g/mol.